The highest BCUT2D eigenvalue weighted by Gasteiger charge is 2.26. The number of anilines is 1. The lowest BCUT2D eigenvalue weighted by Gasteiger charge is -2.20. The van der Waals surface area contributed by atoms with E-state index in [9.17, 15) is 13.2 Å². The lowest BCUT2D eigenvalue weighted by molar-refractivity contribution is -0.517. The van der Waals surface area contributed by atoms with Gasteiger partial charge in [0.05, 0.1) is 16.0 Å². The summed E-state index contributed by atoms with van der Waals surface area (Å²) in [6.45, 7) is 5.64. The summed E-state index contributed by atoms with van der Waals surface area (Å²) in [5, 5.41) is 6.23. The first-order valence-corrected chi connectivity index (χ1v) is 18.2. The number of esters is 1. The number of carbonyl (C=O) groups is 1. The van der Waals surface area contributed by atoms with Crippen LogP contribution in [0.5, 0.6) is 0 Å². The van der Waals surface area contributed by atoms with Crippen molar-refractivity contribution in [1.29, 1.82) is 0 Å². The van der Waals surface area contributed by atoms with E-state index >= 15 is 0 Å². The Bertz CT molecular complexity index is 2350. The summed E-state index contributed by atoms with van der Waals surface area (Å²) in [6, 6.07) is 33.4. The number of halogens is 2. The van der Waals surface area contributed by atoms with Gasteiger partial charge in [-0.15, -0.1) is 0 Å². The van der Waals surface area contributed by atoms with E-state index < -0.39 is 28.1 Å². The molecule has 0 aromatic heterocycles. The molecule has 1 heterocycles. The van der Waals surface area contributed by atoms with Crippen LogP contribution in [-0.2, 0) is 32.6 Å². The molecule has 8 nitrogen and oxygen atoms in total. The summed E-state index contributed by atoms with van der Waals surface area (Å²) in [7, 11) is -4.16. The van der Waals surface area contributed by atoms with Gasteiger partial charge in [-0.2, -0.15) is 4.72 Å². The molecule has 0 bridgehead atoms. The lowest BCUT2D eigenvalue weighted by Crippen LogP contribution is -2.74. The second-order valence-electron chi connectivity index (χ2n) is 12.7. The smallest absolute Gasteiger partial charge is 0.321 e. The topological polar surface area (TPSA) is 112 Å². The molecule has 6 rings (SSSR count). The third-order valence-corrected chi connectivity index (χ3v) is 10.1. The number of nitrogens with one attached hydrogen (secondary N) is 3. The second kappa shape index (κ2) is 14.7. The Morgan fingerprint density at radius 2 is 1.50 bits per heavy atom. The van der Waals surface area contributed by atoms with Crippen molar-refractivity contribution in [3.8, 4) is 22.5 Å². The van der Waals surface area contributed by atoms with Crippen molar-refractivity contribution >= 4 is 55.9 Å². The van der Waals surface area contributed by atoms with Gasteiger partial charge in [0.25, 0.3) is 0 Å². The van der Waals surface area contributed by atoms with Crippen LogP contribution in [0.2, 0.25) is 10.0 Å². The summed E-state index contributed by atoms with van der Waals surface area (Å²) < 4.78 is 41.9. The summed E-state index contributed by atoms with van der Waals surface area (Å²) in [4.78, 5) is 15.9. The first kappa shape index (κ1) is 35.2. The largest absolute Gasteiger partial charge is 0.459 e. The molecule has 50 heavy (non-hydrogen) atoms. The van der Waals surface area contributed by atoms with Gasteiger partial charge >= 0.3 is 5.97 Å². The zero-order valence-electron chi connectivity index (χ0n) is 27.7. The standard InChI is InChI=1S/C39H35Cl2N3O5S/c1-39(2,3)49-37(45)24-44-50(46,47)36-15-9-6-12-31(36)38-29-18-16-27(42-22-25-10-4-7-13-32(25)40)20-34(29)48-35-21-28(17-19-30(35)38)43-23-26-11-5-8-14-33(26)41/h4-21,42,44H,22-24H2,1-3H3/p+1. The minimum Gasteiger partial charge on any atom is -0.459 e. The van der Waals surface area contributed by atoms with Crippen LogP contribution >= 0.6 is 23.2 Å². The fourth-order valence-electron chi connectivity index (χ4n) is 5.60. The maximum absolute atomic E-state index is 13.8. The molecule has 1 aliphatic carbocycles. The molecule has 0 saturated heterocycles. The van der Waals surface area contributed by atoms with Crippen molar-refractivity contribution in [3.63, 3.8) is 0 Å². The first-order valence-electron chi connectivity index (χ1n) is 16.0. The van der Waals surface area contributed by atoms with Crippen LogP contribution in [0.3, 0.4) is 0 Å². The fraction of sp³-hybridized carbons (Fsp3) is 0.179. The molecule has 0 amide bonds. The van der Waals surface area contributed by atoms with E-state index in [1.807, 2.05) is 84.9 Å². The number of carbonyl (C=O) groups excluding carboxylic acids is 1. The zero-order chi connectivity index (χ0) is 35.5. The van der Waals surface area contributed by atoms with E-state index in [-0.39, 0.29) is 4.90 Å². The molecule has 4 aromatic rings. The molecule has 256 valence electrons. The molecular weight excluding hydrogens is 693 g/mol. The highest BCUT2D eigenvalue weighted by Crippen LogP contribution is 2.42. The van der Waals surface area contributed by atoms with Gasteiger partial charge < -0.3 is 14.5 Å². The van der Waals surface area contributed by atoms with E-state index in [0.29, 0.717) is 56.6 Å². The van der Waals surface area contributed by atoms with Gasteiger partial charge in [-0.05, 0) is 62.7 Å². The molecule has 0 atom stereocenters. The maximum Gasteiger partial charge on any atom is 0.321 e. The number of hydrogen-bond donors (Lipinski definition) is 3. The third kappa shape index (κ3) is 8.20. The normalized spacial score (nSPS) is 12.4. The molecule has 0 saturated carbocycles. The van der Waals surface area contributed by atoms with Crippen LogP contribution in [-0.4, -0.2) is 26.5 Å². The van der Waals surface area contributed by atoms with Crippen molar-refractivity contribution in [2.45, 2.75) is 44.4 Å². The van der Waals surface area contributed by atoms with Crippen molar-refractivity contribution in [1.82, 2.24) is 4.72 Å². The third-order valence-electron chi connectivity index (χ3n) is 7.88. The van der Waals surface area contributed by atoms with Crippen LogP contribution in [0.15, 0.2) is 119 Å². The quantitative estimate of drug-likeness (QED) is 0.104. The Hall–Kier alpha value is -4.67. The zero-order valence-corrected chi connectivity index (χ0v) is 30.0. The number of sulfonamides is 1. The highest BCUT2D eigenvalue weighted by atomic mass is 35.5. The van der Waals surface area contributed by atoms with E-state index in [1.165, 1.54) is 6.07 Å². The Kier molecular flexibility index (Phi) is 10.3. The average Bonchev–Trinajstić information content (AvgIpc) is 3.08. The van der Waals surface area contributed by atoms with Gasteiger partial charge in [-0.25, -0.2) is 13.4 Å². The Morgan fingerprint density at radius 1 is 0.820 bits per heavy atom. The Labute approximate surface area is 301 Å². The monoisotopic (exact) mass is 728 g/mol. The number of rotatable bonds is 10. The average molecular weight is 730 g/mol. The summed E-state index contributed by atoms with van der Waals surface area (Å²) in [5.74, 6) is -0.143. The molecule has 3 N–H and O–H groups in total. The molecule has 0 spiro atoms. The Balaban J connectivity index is 1.46. The summed E-state index contributed by atoms with van der Waals surface area (Å²) in [6.07, 6.45) is 0. The maximum atomic E-state index is 13.8. The number of hydrogen-bond acceptors (Lipinski definition) is 6. The van der Waals surface area contributed by atoms with Crippen molar-refractivity contribution < 1.29 is 27.4 Å². The van der Waals surface area contributed by atoms with E-state index in [2.05, 4.69) is 15.0 Å². The van der Waals surface area contributed by atoms with Crippen LogP contribution in [0.1, 0.15) is 31.9 Å². The van der Waals surface area contributed by atoms with Gasteiger partial charge in [0, 0.05) is 57.0 Å². The van der Waals surface area contributed by atoms with Crippen molar-refractivity contribution in [2.24, 2.45) is 0 Å². The lowest BCUT2D eigenvalue weighted by atomic mass is 9.93. The highest BCUT2D eigenvalue weighted by molar-refractivity contribution is 7.89. The van der Waals surface area contributed by atoms with Gasteiger partial charge in [-0.3, -0.25) is 4.79 Å². The Morgan fingerprint density at radius 3 is 2.22 bits per heavy atom. The van der Waals surface area contributed by atoms with Gasteiger partial charge in [0.1, 0.15) is 23.5 Å². The van der Waals surface area contributed by atoms with Crippen molar-refractivity contribution in [3.05, 3.63) is 136 Å². The van der Waals surface area contributed by atoms with Gasteiger partial charge in [0.2, 0.25) is 15.4 Å². The second-order valence-corrected chi connectivity index (χ2v) is 15.2. The van der Waals surface area contributed by atoms with Gasteiger partial charge in [-0.1, -0.05) is 77.8 Å². The SMILES string of the molecule is CC(C)(C)OC(=O)CNS(=O)(=O)c1ccccc1-c1c2ccc(=[NH+]Cc3ccccc3Cl)cc-2oc2cc(NCc3ccccc3Cl)ccc12. The molecule has 1 aliphatic heterocycles. The minimum atomic E-state index is -4.16. The van der Waals surface area contributed by atoms with Crippen LogP contribution in [0.4, 0.5) is 5.69 Å². The molecule has 11 heteroatoms. The fourth-order valence-corrected chi connectivity index (χ4v) is 7.18. The van der Waals surface area contributed by atoms with Crippen LogP contribution in [0.25, 0.3) is 33.4 Å². The number of fused-ring (bicyclic) bond motifs is 2. The number of ether oxygens (including phenoxy) is 1. The molecule has 0 radical (unpaired) electrons. The molecule has 2 aliphatic rings. The molecular formula is C39H36Cl2N3O5S+. The molecule has 0 fully saturated rings. The molecule has 0 unspecified atom stereocenters. The minimum absolute atomic E-state index is 0.0131. The number of benzene rings is 5. The summed E-state index contributed by atoms with van der Waals surface area (Å²) in [5.41, 5.74) is 4.27. The van der Waals surface area contributed by atoms with E-state index in [4.69, 9.17) is 32.4 Å². The predicted octanol–water partition coefficient (Wildman–Crippen LogP) is 6.93. The van der Waals surface area contributed by atoms with Gasteiger partial charge in [0.15, 0.2) is 6.54 Å². The molecule has 4 aromatic carbocycles. The predicted molar refractivity (Wildman–Crippen MR) is 197 cm³/mol. The summed E-state index contributed by atoms with van der Waals surface area (Å²) >= 11 is 12.8. The first-order chi connectivity index (χ1) is 23.9. The van der Waals surface area contributed by atoms with E-state index in [1.54, 1.807) is 39.0 Å². The van der Waals surface area contributed by atoms with Crippen LogP contribution in [0, 0.1) is 0 Å². The van der Waals surface area contributed by atoms with Crippen LogP contribution < -0.4 is 20.4 Å². The van der Waals surface area contributed by atoms with Crippen molar-refractivity contribution in [2.75, 3.05) is 11.9 Å². The van der Waals surface area contributed by atoms with E-state index in [0.717, 1.165) is 22.2 Å².